The number of carbonyl (C=O) groups excluding carboxylic acids is 2. The lowest BCUT2D eigenvalue weighted by molar-refractivity contribution is -0.120. The molecule has 0 spiro atoms. The first-order valence-electron chi connectivity index (χ1n) is 8.18. The van der Waals surface area contributed by atoms with Gasteiger partial charge < -0.3 is 10.6 Å². The van der Waals surface area contributed by atoms with E-state index in [1.807, 2.05) is 48.7 Å². The zero-order chi connectivity index (χ0) is 18.4. The molecule has 134 valence electrons. The van der Waals surface area contributed by atoms with E-state index in [1.165, 1.54) is 11.3 Å². The van der Waals surface area contributed by atoms with Gasteiger partial charge in [-0.15, -0.1) is 22.7 Å². The van der Waals surface area contributed by atoms with Crippen molar-refractivity contribution in [3.63, 3.8) is 0 Å². The number of aromatic nitrogens is 1. The average Bonchev–Trinajstić information content (AvgIpc) is 3.26. The molecule has 7 heteroatoms. The summed E-state index contributed by atoms with van der Waals surface area (Å²) in [4.78, 5) is 29.4. The number of carbonyl (C=O) groups is 2. The first kappa shape index (κ1) is 18.3. The van der Waals surface area contributed by atoms with Crippen molar-refractivity contribution in [3.05, 3.63) is 68.9 Å². The Hall–Kier alpha value is -2.51. The van der Waals surface area contributed by atoms with E-state index in [0.717, 1.165) is 16.0 Å². The van der Waals surface area contributed by atoms with Gasteiger partial charge in [0.05, 0.1) is 18.5 Å². The summed E-state index contributed by atoms with van der Waals surface area (Å²) in [5.74, 6) is -0.188. The molecule has 2 amide bonds. The van der Waals surface area contributed by atoms with Crippen LogP contribution in [0.15, 0.2) is 47.2 Å². The van der Waals surface area contributed by atoms with Gasteiger partial charge in [-0.3, -0.25) is 9.59 Å². The quantitative estimate of drug-likeness (QED) is 0.653. The molecule has 0 bridgehead atoms. The van der Waals surface area contributed by atoms with E-state index >= 15 is 0 Å². The molecule has 0 unspecified atom stereocenters. The Morgan fingerprint density at radius 3 is 2.65 bits per heavy atom. The Bertz CT molecular complexity index is 888. The Labute approximate surface area is 160 Å². The Kier molecular flexibility index (Phi) is 6.14. The van der Waals surface area contributed by atoms with Crippen molar-refractivity contribution in [1.82, 2.24) is 10.3 Å². The van der Waals surface area contributed by atoms with E-state index in [-0.39, 0.29) is 18.2 Å². The number of amides is 2. The maximum Gasteiger partial charge on any atom is 0.231 e. The normalized spacial score (nSPS) is 10.5. The number of nitrogens with zero attached hydrogens (tertiary/aromatic N) is 1. The molecule has 0 fully saturated rings. The lowest BCUT2D eigenvalue weighted by Crippen LogP contribution is -2.25. The SMILES string of the molecule is Cc1ccccc1CNC(=O)Cc1csc(NC(=O)Cc2cccs2)n1. The smallest absolute Gasteiger partial charge is 0.231 e. The van der Waals surface area contributed by atoms with Crippen LogP contribution in [0, 0.1) is 6.92 Å². The van der Waals surface area contributed by atoms with Gasteiger partial charge in [0.25, 0.3) is 0 Å². The summed E-state index contributed by atoms with van der Waals surface area (Å²) >= 11 is 2.88. The second-order valence-electron chi connectivity index (χ2n) is 5.83. The lowest BCUT2D eigenvalue weighted by atomic mass is 10.1. The molecule has 2 N–H and O–H groups in total. The van der Waals surface area contributed by atoms with Gasteiger partial charge >= 0.3 is 0 Å². The fraction of sp³-hybridized carbons (Fsp3) is 0.211. The van der Waals surface area contributed by atoms with Crippen molar-refractivity contribution < 1.29 is 9.59 Å². The third kappa shape index (κ3) is 5.24. The average molecular weight is 386 g/mol. The molecule has 2 aromatic heterocycles. The Balaban J connectivity index is 1.47. The minimum absolute atomic E-state index is 0.0879. The molecule has 0 saturated carbocycles. The van der Waals surface area contributed by atoms with E-state index in [2.05, 4.69) is 15.6 Å². The highest BCUT2D eigenvalue weighted by Gasteiger charge is 2.11. The third-order valence-corrected chi connectivity index (χ3v) is 5.47. The van der Waals surface area contributed by atoms with Crippen LogP contribution in [0.25, 0.3) is 0 Å². The minimum atomic E-state index is -0.0997. The van der Waals surface area contributed by atoms with Gasteiger partial charge in [0, 0.05) is 16.8 Å². The topological polar surface area (TPSA) is 71.1 Å². The van der Waals surface area contributed by atoms with Crippen LogP contribution >= 0.6 is 22.7 Å². The number of hydrogen-bond donors (Lipinski definition) is 2. The van der Waals surface area contributed by atoms with Gasteiger partial charge in [-0.25, -0.2) is 4.98 Å². The van der Waals surface area contributed by atoms with Crippen molar-refractivity contribution in [1.29, 1.82) is 0 Å². The van der Waals surface area contributed by atoms with Gasteiger partial charge in [-0.2, -0.15) is 0 Å². The van der Waals surface area contributed by atoms with Crippen LogP contribution in [-0.4, -0.2) is 16.8 Å². The number of benzene rings is 1. The molecule has 0 radical (unpaired) electrons. The lowest BCUT2D eigenvalue weighted by Gasteiger charge is -2.07. The summed E-state index contributed by atoms with van der Waals surface area (Å²) < 4.78 is 0. The molecule has 2 heterocycles. The van der Waals surface area contributed by atoms with Crippen LogP contribution in [0.4, 0.5) is 5.13 Å². The number of thiophene rings is 1. The predicted octanol–water partition coefficient (Wildman–Crippen LogP) is 3.55. The number of aryl methyl sites for hydroxylation is 1. The van der Waals surface area contributed by atoms with Crippen molar-refractivity contribution in [2.24, 2.45) is 0 Å². The summed E-state index contributed by atoms with van der Waals surface area (Å²) in [7, 11) is 0. The molecular weight excluding hydrogens is 366 g/mol. The standard InChI is InChI=1S/C19H19N3O2S2/c1-13-5-2-3-6-14(13)11-20-17(23)9-15-12-26-19(21-15)22-18(24)10-16-7-4-8-25-16/h2-8,12H,9-11H2,1H3,(H,20,23)(H,21,22,24). The van der Waals surface area contributed by atoms with Crippen LogP contribution in [0.3, 0.4) is 0 Å². The second-order valence-corrected chi connectivity index (χ2v) is 7.72. The van der Waals surface area contributed by atoms with Gasteiger partial charge in [-0.05, 0) is 29.5 Å². The molecule has 26 heavy (non-hydrogen) atoms. The summed E-state index contributed by atoms with van der Waals surface area (Å²) in [5, 5.41) is 9.96. The van der Waals surface area contributed by atoms with Crippen molar-refractivity contribution in [3.8, 4) is 0 Å². The van der Waals surface area contributed by atoms with E-state index in [4.69, 9.17) is 0 Å². The summed E-state index contributed by atoms with van der Waals surface area (Å²) in [5.41, 5.74) is 2.90. The van der Waals surface area contributed by atoms with Crippen LogP contribution in [-0.2, 0) is 29.0 Å². The first-order valence-corrected chi connectivity index (χ1v) is 9.94. The van der Waals surface area contributed by atoms with Crippen molar-refractivity contribution >= 4 is 39.6 Å². The molecule has 0 saturated heterocycles. The summed E-state index contributed by atoms with van der Waals surface area (Å²) in [6.07, 6.45) is 0.534. The van der Waals surface area contributed by atoms with Crippen LogP contribution in [0.2, 0.25) is 0 Å². The molecule has 0 aliphatic rings. The van der Waals surface area contributed by atoms with E-state index in [1.54, 1.807) is 16.7 Å². The monoisotopic (exact) mass is 385 g/mol. The van der Waals surface area contributed by atoms with Crippen molar-refractivity contribution in [2.45, 2.75) is 26.3 Å². The van der Waals surface area contributed by atoms with E-state index in [0.29, 0.717) is 23.8 Å². The first-order chi connectivity index (χ1) is 12.6. The molecule has 3 rings (SSSR count). The molecule has 1 aromatic carbocycles. The molecule has 5 nitrogen and oxygen atoms in total. The van der Waals surface area contributed by atoms with E-state index in [9.17, 15) is 9.59 Å². The van der Waals surface area contributed by atoms with Crippen LogP contribution in [0.1, 0.15) is 21.7 Å². The van der Waals surface area contributed by atoms with Crippen molar-refractivity contribution in [2.75, 3.05) is 5.32 Å². The molecular formula is C19H19N3O2S2. The van der Waals surface area contributed by atoms with Crippen LogP contribution < -0.4 is 10.6 Å². The predicted molar refractivity (Wildman–Crippen MR) is 105 cm³/mol. The molecule has 0 atom stereocenters. The van der Waals surface area contributed by atoms with Gasteiger partial charge in [0.1, 0.15) is 0 Å². The highest BCUT2D eigenvalue weighted by molar-refractivity contribution is 7.14. The summed E-state index contributed by atoms with van der Waals surface area (Å²) in [6.45, 7) is 2.52. The molecule has 3 aromatic rings. The maximum atomic E-state index is 12.1. The highest BCUT2D eigenvalue weighted by atomic mass is 32.1. The maximum absolute atomic E-state index is 12.1. The highest BCUT2D eigenvalue weighted by Crippen LogP contribution is 2.17. The molecule has 0 aliphatic carbocycles. The minimum Gasteiger partial charge on any atom is -0.352 e. The summed E-state index contributed by atoms with van der Waals surface area (Å²) in [6, 6.07) is 11.8. The number of hydrogen-bond acceptors (Lipinski definition) is 5. The van der Waals surface area contributed by atoms with Gasteiger partial charge in [0.2, 0.25) is 11.8 Å². The van der Waals surface area contributed by atoms with E-state index < -0.39 is 0 Å². The van der Waals surface area contributed by atoms with Gasteiger partial charge in [0.15, 0.2) is 5.13 Å². The fourth-order valence-corrected chi connectivity index (χ4v) is 3.84. The van der Waals surface area contributed by atoms with Crippen LogP contribution in [0.5, 0.6) is 0 Å². The number of rotatable bonds is 7. The molecule has 0 aliphatic heterocycles. The number of anilines is 1. The van der Waals surface area contributed by atoms with Gasteiger partial charge in [-0.1, -0.05) is 30.3 Å². The zero-order valence-corrected chi connectivity index (χ0v) is 16.0. The Morgan fingerprint density at radius 2 is 1.88 bits per heavy atom. The second kappa shape index (κ2) is 8.73. The fourth-order valence-electron chi connectivity index (χ4n) is 2.41. The Morgan fingerprint density at radius 1 is 1.04 bits per heavy atom. The number of nitrogens with one attached hydrogen (secondary N) is 2. The zero-order valence-electron chi connectivity index (χ0n) is 14.3. The third-order valence-electron chi connectivity index (χ3n) is 3.79. The number of thiazole rings is 1. The largest absolute Gasteiger partial charge is 0.352 e.